The van der Waals surface area contributed by atoms with E-state index >= 15 is 0 Å². The van der Waals surface area contributed by atoms with Crippen LogP contribution in [-0.4, -0.2) is 36.8 Å². The van der Waals surface area contributed by atoms with Crippen molar-refractivity contribution in [1.29, 1.82) is 0 Å². The summed E-state index contributed by atoms with van der Waals surface area (Å²) < 4.78 is 5.76. The molecule has 0 spiro atoms. The van der Waals surface area contributed by atoms with E-state index in [-0.39, 0.29) is 0 Å². The maximum atomic E-state index is 5.76. The van der Waals surface area contributed by atoms with E-state index in [4.69, 9.17) is 4.74 Å². The molecule has 1 rings (SSSR count). The molecule has 15 heavy (non-hydrogen) atoms. The van der Waals surface area contributed by atoms with Gasteiger partial charge < -0.3 is 10.1 Å². The van der Waals surface area contributed by atoms with Gasteiger partial charge in [0.05, 0.1) is 6.10 Å². The molecule has 1 aliphatic rings. The molecule has 3 unspecified atom stereocenters. The van der Waals surface area contributed by atoms with Crippen molar-refractivity contribution in [2.75, 3.05) is 19.4 Å². The summed E-state index contributed by atoms with van der Waals surface area (Å²) >= 11 is 1.93. The third-order valence-corrected chi connectivity index (χ3v) is 4.13. The molecular weight excluding hydrogens is 206 g/mol. The number of rotatable bonds is 5. The molecular formula is C12H25NOS. The smallest absolute Gasteiger partial charge is 0.0612 e. The van der Waals surface area contributed by atoms with Gasteiger partial charge in [-0.1, -0.05) is 20.8 Å². The molecule has 0 aliphatic carbocycles. The van der Waals surface area contributed by atoms with Crippen LogP contribution >= 0.6 is 11.8 Å². The Bertz CT molecular complexity index is 175. The quantitative estimate of drug-likeness (QED) is 0.785. The fourth-order valence-corrected chi connectivity index (χ4v) is 2.16. The van der Waals surface area contributed by atoms with Crippen LogP contribution < -0.4 is 5.32 Å². The van der Waals surface area contributed by atoms with Crippen LogP contribution in [0.15, 0.2) is 0 Å². The molecule has 1 aliphatic heterocycles. The highest BCUT2D eigenvalue weighted by atomic mass is 32.2. The van der Waals surface area contributed by atoms with Crippen LogP contribution in [0, 0.1) is 5.92 Å². The molecule has 3 atom stereocenters. The Morgan fingerprint density at radius 3 is 2.73 bits per heavy atom. The topological polar surface area (TPSA) is 21.3 Å². The molecule has 1 saturated heterocycles. The van der Waals surface area contributed by atoms with Crippen LogP contribution in [0.3, 0.4) is 0 Å². The number of nitrogens with one attached hydrogen (secondary N) is 1. The minimum atomic E-state index is 0.459. The largest absolute Gasteiger partial charge is 0.378 e. The van der Waals surface area contributed by atoms with Crippen molar-refractivity contribution in [1.82, 2.24) is 5.32 Å². The van der Waals surface area contributed by atoms with Crippen molar-refractivity contribution in [3.05, 3.63) is 0 Å². The zero-order valence-electron chi connectivity index (χ0n) is 10.5. The van der Waals surface area contributed by atoms with Crippen LogP contribution in [0.1, 0.15) is 33.6 Å². The summed E-state index contributed by atoms with van der Waals surface area (Å²) in [4.78, 5) is 0. The molecule has 0 bridgehead atoms. The second kappa shape index (κ2) is 6.77. The predicted molar refractivity (Wildman–Crippen MR) is 68.6 cm³/mol. The van der Waals surface area contributed by atoms with E-state index in [9.17, 15) is 0 Å². The summed E-state index contributed by atoms with van der Waals surface area (Å²) in [6.07, 6.45) is 4.98. The zero-order chi connectivity index (χ0) is 11.3. The van der Waals surface area contributed by atoms with Crippen molar-refractivity contribution in [2.24, 2.45) is 5.92 Å². The Labute approximate surface area is 98.5 Å². The van der Waals surface area contributed by atoms with Crippen molar-refractivity contribution in [3.8, 4) is 0 Å². The van der Waals surface area contributed by atoms with Crippen LogP contribution in [0.2, 0.25) is 0 Å². The molecule has 0 aromatic heterocycles. The molecule has 1 N–H and O–H groups in total. The monoisotopic (exact) mass is 231 g/mol. The van der Waals surface area contributed by atoms with E-state index in [0.29, 0.717) is 23.3 Å². The third kappa shape index (κ3) is 4.75. The van der Waals surface area contributed by atoms with Crippen LogP contribution in [0.4, 0.5) is 0 Å². The number of ether oxygens (including phenoxy) is 1. The number of thioether (sulfide) groups is 1. The predicted octanol–water partition coefficient (Wildman–Crippen LogP) is 2.53. The zero-order valence-corrected chi connectivity index (χ0v) is 11.3. The lowest BCUT2D eigenvalue weighted by molar-refractivity contribution is -0.0241. The van der Waals surface area contributed by atoms with Crippen molar-refractivity contribution < 1.29 is 4.74 Å². The summed E-state index contributed by atoms with van der Waals surface area (Å²) in [5, 5.41) is 4.37. The lowest BCUT2D eigenvalue weighted by Crippen LogP contribution is -2.42. The van der Waals surface area contributed by atoms with Crippen molar-refractivity contribution in [3.63, 3.8) is 0 Å². The molecule has 1 fully saturated rings. The van der Waals surface area contributed by atoms with E-state index in [1.807, 2.05) is 11.8 Å². The van der Waals surface area contributed by atoms with Gasteiger partial charge in [0.2, 0.25) is 0 Å². The first kappa shape index (κ1) is 13.3. The first-order chi connectivity index (χ1) is 7.13. The minimum Gasteiger partial charge on any atom is -0.378 e. The maximum Gasteiger partial charge on any atom is 0.0612 e. The Morgan fingerprint density at radius 2 is 2.13 bits per heavy atom. The van der Waals surface area contributed by atoms with Crippen molar-refractivity contribution >= 4 is 11.8 Å². The average molecular weight is 231 g/mol. The van der Waals surface area contributed by atoms with Gasteiger partial charge in [0.25, 0.3) is 0 Å². The highest BCUT2D eigenvalue weighted by molar-refractivity contribution is 7.99. The van der Waals surface area contributed by atoms with Gasteiger partial charge in [-0.05, 0) is 25.0 Å². The maximum absolute atomic E-state index is 5.76. The molecule has 3 heteroatoms. The third-order valence-electron chi connectivity index (χ3n) is 3.15. The van der Waals surface area contributed by atoms with E-state index in [1.54, 1.807) is 0 Å². The van der Waals surface area contributed by atoms with Crippen molar-refractivity contribution in [2.45, 2.75) is 51.0 Å². The fraction of sp³-hybridized carbons (Fsp3) is 1.00. The molecule has 0 aromatic carbocycles. The van der Waals surface area contributed by atoms with Gasteiger partial charge in [0, 0.05) is 24.4 Å². The van der Waals surface area contributed by atoms with E-state index in [1.165, 1.54) is 12.8 Å². The Kier molecular flexibility index (Phi) is 6.02. The number of hydrogen-bond acceptors (Lipinski definition) is 3. The minimum absolute atomic E-state index is 0.459. The second-order valence-corrected chi connectivity index (χ2v) is 6.11. The first-order valence-electron chi connectivity index (χ1n) is 6.01. The molecule has 2 nitrogen and oxygen atoms in total. The van der Waals surface area contributed by atoms with Gasteiger partial charge in [-0.3, -0.25) is 0 Å². The Morgan fingerprint density at radius 1 is 1.40 bits per heavy atom. The SMILES string of the molecule is CSC(C)CNC1CCOC(C(C)C)C1. The van der Waals surface area contributed by atoms with Gasteiger partial charge in [-0.25, -0.2) is 0 Å². The van der Waals surface area contributed by atoms with Gasteiger partial charge in [0.15, 0.2) is 0 Å². The lowest BCUT2D eigenvalue weighted by Gasteiger charge is -2.33. The highest BCUT2D eigenvalue weighted by Gasteiger charge is 2.24. The Balaban J connectivity index is 2.24. The summed E-state index contributed by atoms with van der Waals surface area (Å²) in [6, 6.07) is 0.667. The summed E-state index contributed by atoms with van der Waals surface area (Å²) in [7, 11) is 0. The Hall–Kier alpha value is 0.270. The van der Waals surface area contributed by atoms with Gasteiger partial charge in [-0.2, -0.15) is 11.8 Å². The second-order valence-electron chi connectivity index (χ2n) is 4.83. The molecule has 0 radical (unpaired) electrons. The normalized spacial score (nSPS) is 29.4. The van der Waals surface area contributed by atoms with Gasteiger partial charge in [-0.15, -0.1) is 0 Å². The van der Waals surface area contributed by atoms with Crippen LogP contribution in [0.25, 0.3) is 0 Å². The fourth-order valence-electron chi connectivity index (χ4n) is 1.89. The molecule has 90 valence electrons. The molecule has 0 aromatic rings. The first-order valence-corrected chi connectivity index (χ1v) is 7.30. The molecule has 1 heterocycles. The number of hydrogen-bond donors (Lipinski definition) is 1. The van der Waals surface area contributed by atoms with Gasteiger partial charge >= 0.3 is 0 Å². The van der Waals surface area contributed by atoms with E-state index in [2.05, 4.69) is 32.3 Å². The molecule has 0 saturated carbocycles. The lowest BCUT2D eigenvalue weighted by atomic mass is 9.95. The summed E-state index contributed by atoms with van der Waals surface area (Å²) in [6.45, 7) is 8.82. The summed E-state index contributed by atoms with van der Waals surface area (Å²) in [5.74, 6) is 0.646. The van der Waals surface area contributed by atoms with Crippen LogP contribution in [-0.2, 0) is 4.74 Å². The van der Waals surface area contributed by atoms with Gasteiger partial charge in [0.1, 0.15) is 0 Å². The standard InChI is InChI=1S/C12H25NOS/c1-9(2)12-7-11(5-6-14-12)13-8-10(3)15-4/h9-13H,5-8H2,1-4H3. The highest BCUT2D eigenvalue weighted by Crippen LogP contribution is 2.20. The average Bonchev–Trinajstić information content (AvgIpc) is 2.26. The van der Waals surface area contributed by atoms with E-state index < -0.39 is 0 Å². The molecule has 0 amide bonds. The van der Waals surface area contributed by atoms with E-state index in [0.717, 1.165) is 13.2 Å². The summed E-state index contributed by atoms with van der Waals surface area (Å²) in [5.41, 5.74) is 0. The van der Waals surface area contributed by atoms with Crippen LogP contribution in [0.5, 0.6) is 0 Å².